The predicted octanol–water partition coefficient (Wildman–Crippen LogP) is 2.14. The lowest BCUT2D eigenvalue weighted by Crippen LogP contribution is -2.48. The Morgan fingerprint density at radius 2 is 1.93 bits per heavy atom. The van der Waals surface area contributed by atoms with Crippen LogP contribution in [0, 0.1) is 0 Å². The van der Waals surface area contributed by atoms with E-state index in [2.05, 4.69) is 20.4 Å². The topological polar surface area (TPSA) is 90.6 Å². The van der Waals surface area contributed by atoms with Crippen molar-refractivity contribution in [1.29, 1.82) is 0 Å². The van der Waals surface area contributed by atoms with E-state index >= 15 is 0 Å². The van der Waals surface area contributed by atoms with Crippen molar-refractivity contribution in [3.63, 3.8) is 0 Å². The fourth-order valence-corrected chi connectivity index (χ4v) is 4.88. The lowest BCUT2D eigenvalue weighted by molar-refractivity contribution is 0.0950. The van der Waals surface area contributed by atoms with E-state index < -0.39 is 5.56 Å². The summed E-state index contributed by atoms with van der Waals surface area (Å²) >= 11 is 6.06. The van der Waals surface area contributed by atoms with Crippen molar-refractivity contribution in [3.8, 4) is 0 Å². The van der Waals surface area contributed by atoms with E-state index in [9.17, 15) is 9.59 Å². The van der Waals surface area contributed by atoms with E-state index in [4.69, 9.17) is 16.3 Å². The van der Waals surface area contributed by atoms with E-state index in [1.54, 1.807) is 0 Å². The Kier molecular flexibility index (Phi) is 6.06. The van der Waals surface area contributed by atoms with Crippen LogP contribution in [0.25, 0.3) is 0 Å². The molecule has 3 aliphatic rings. The predicted molar refractivity (Wildman–Crippen MR) is 107 cm³/mol. The van der Waals surface area contributed by atoms with Gasteiger partial charge in [0.15, 0.2) is 0 Å². The van der Waals surface area contributed by atoms with E-state index in [0.717, 1.165) is 32.0 Å². The number of carbonyl (C=O) groups is 1. The average Bonchev–Trinajstić information content (AvgIpc) is 3.37. The summed E-state index contributed by atoms with van der Waals surface area (Å²) in [4.78, 5) is 28.4. The highest BCUT2D eigenvalue weighted by atomic mass is 35.5. The summed E-state index contributed by atoms with van der Waals surface area (Å²) in [5.74, 6) is 0. The number of ether oxygens (including phenoxy) is 1. The van der Waals surface area contributed by atoms with Gasteiger partial charge in [-0.2, -0.15) is 5.10 Å². The summed E-state index contributed by atoms with van der Waals surface area (Å²) in [6.07, 6.45) is 9.00. The SMILES string of the molecule is O=C(NC1CCN(C2CCCC2)CC1)O[C@@H]1CCN(c2cn[nH]c(=O)c2Cl)C1. The van der Waals surface area contributed by atoms with Gasteiger partial charge in [-0.1, -0.05) is 24.4 Å². The van der Waals surface area contributed by atoms with E-state index in [1.165, 1.54) is 31.9 Å². The minimum atomic E-state index is -0.412. The maximum atomic E-state index is 12.3. The molecular weight excluding hydrogens is 382 g/mol. The number of hydrogen-bond donors (Lipinski definition) is 2. The number of hydrogen-bond acceptors (Lipinski definition) is 6. The first-order valence-electron chi connectivity index (χ1n) is 10.3. The van der Waals surface area contributed by atoms with E-state index in [1.807, 2.05) is 4.90 Å². The first kappa shape index (κ1) is 19.5. The number of nitrogens with one attached hydrogen (secondary N) is 2. The monoisotopic (exact) mass is 409 g/mol. The third-order valence-electron chi connectivity index (χ3n) is 6.23. The van der Waals surface area contributed by atoms with Crippen LogP contribution in [0.3, 0.4) is 0 Å². The fraction of sp³-hybridized carbons (Fsp3) is 0.737. The second kappa shape index (κ2) is 8.69. The number of aromatic nitrogens is 2. The van der Waals surface area contributed by atoms with Gasteiger partial charge in [0.1, 0.15) is 11.1 Å². The van der Waals surface area contributed by atoms with E-state index in [-0.39, 0.29) is 23.3 Å². The smallest absolute Gasteiger partial charge is 0.407 e. The van der Waals surface area contributed by atoms with Crippen LogP contribution in [0.2, 0.25) is 5.02 Å². The maximum Gasteiger partial charge on any atom is 0.407 e. The molecule has 0 unspecified atom stereocenters. The van der Waals surface area contributed by atoms with Crippen molar-refractivity contribution < 1.29 is 9.53 Å². The molecule has 1 atom stereocenters. The number of amides is 1. The molecule has 8 nitrogen and oxygen atoms in total. The minimum absolute atomic E-state index is 0.120. The Morgan fingerprint density at radius 3 is 2.68 bits per heavy atom. The number of alkyl carbamates (subject to hydrolysis) is 1. The molecule has 1 aromatic rings. The van der Waals surface area contributed by atoms with Crippen LogP contribution < -0.4 is 15.8 Å². The number of likely N-dealkylation sites (tertiary alicyclic amines) is 1. The van der Waals surface area contributed by atoms with Crippen molar-refractivity contribution >= 4 is 23.4 Å². The second-order valence-corrected chi connectivity index (χ2v) is 8.43. The number of piperidine rings is 1. The Bertz CT molecular complexity index is 743. The minimum Gasteiger partial charge on any atom is -0.444 e. The maximum absolute atomic E-state index is 12.3. The van der Waals surface area contributed by atoms with Crippen LogP contribution in [0.4, 0.5) is 10.5 Å². The number of nitrogens with zero attached hydrogens (tertiary/aromatic N) is 3. The van der Waals surface area contributed by atoms with Crippen LogP contribution in [0.1, 0.15) is 44.9 Å². The van der Waals surface area contributed by atoms with Crippen LogP contribution in [-0.4, -0.2) is 65.6 Å². The number of aromatic amines is 1. The van der Waals surface area contributed by atoms with E-state index in [0.29, 0.717) is 25.2 Å². The zero-order chi connectivity index (χ0) is 19.5. The van der Waals surface area contributed by atoms with Gasteiger partial charge in [0, 0.05) is 38.1 Å². The molecule has 2 saturated heterocycles. The first-order valence-corrected chi connectivity index (χ1v) is 10.7. The van der Waals surface area contributed by atoms with Gasteiger partial charge in [0.05, 0.1) is 18.4 Å². The van der Waals surface area contributed by atoms with Gasteiger partial charge in [-0.15, -0.1) is 0 Å². The van der Waals surface area contributed by atoms with Crippen LogP contribution in [0.15, 0.2) is 11.0 Å². The van der Waals surface area contributed by atoms with Crippen LogP contribution in [0.5, 0.6) is 0 Å². The molecule has 0 aromatic carbocycles. The molecule has 0 radical (unpaired) electrons. The molecule has 154 valence electrons. The van der Waals surface area contributed by atoms with Crippen LogP contribution >= 0.6 is 11.6 Å². The quantitative estimate of drug-likeness (QED) is 0.791. The highest BCUT2D eigenvalue weighted by molar-refractivity contribution is 6.33. The Balaban J connectivity index is 1.22. The van der Waals surface area contributed by atoms with Gasteiger partial charge >= 0.3 is 6.09 Å². The van der Waals surface area contributed by atoms with Gasteiger partial charge in [-0.3, -0.25) is 4.79 Å². The molecule has 2 aliphatic heterocycles. The van der Waals surface area contributed by atoms with Gasteiger partial charge < -0.3 is 19.9 Å². The van der Waals surface area contributed by atoms with Crippen molar-refractivity contribution in [3.05, 3.63) is 21.6 Å². The molecule has 1 amide bonds. The third-order valence-corrected chi connectivity index (χ3v) is 6.59. The number of anilines is 1. The molecule has 9 heteroatoms. The number of carbonyl (C=O) groups excluding carboxylic acids is 1. The van der Waals surface area contributed by atoms with Crippen LogP contribution in [-0.2, 0) is 4.74 Å². The lowest BCUT2D eigenvalue weighted by Gasteiger charge is -2.36. The second-order valence-electron chi connectivity index (χ2n) is 8.05. The molecule has 3 heterocycles. The first-order chi connectivity index (χ1) is 13.6. The molecule has 0 spiro atoms. The molecule has 4 rings (SSSR count). The molecule has 3 fully saturated rings. The van der Waals surface area contributed by atoms with Crippen molar-refractivity contribution in [2.24, 2.45) is 0 Å². The fourth-order valence-electron chi connectivity index (χ4n) is 4.67. The number of rotatable bonds is 4. The van der Waals surface area contributed by atoms with Gasteiger partial charge in [-0.25, -0.2) is 9.89 Å². The van der Waals surface area contributed by atoms with Gasteiger partial charge in [0.2, 0.25) is 0 Å². The molecule has 28 heavy (non-hydrogen) atoms. The largest absolute Gasteiger partial charge is 0.444 e. The zero-order valence-corrected chi connectivity index (χ0v) is 16.8. The third kappa shape index (κ3) is 4.43. The Morgan fingerprint density at radius 1 is 1.18 bits per heavy atom. The van der Waals surface area contributed by atoms with Crippen molar-refractivity contribution in [1.82, 2.24) is 20.4 Å². The summed E-state index contributed by atoms with van der Waals surface area (Å²) in [5.41, 5.74) is 0.168. The molecule has 0 bridgehead atoms. The molecule has 1 aromatic heterocycles. The molecule has 1 saturated carbocycles. The summed E-state index contributed by atoms with van der Waals surface area (Å²) < 4.78 is 5.61. The molecular formula is C19H28ClN5O3. The number of H-pyrrole nitrogens is 1. The van der Waals surface area contributed by atoms with Gasteiger partial charge in [0.25, 0.3) is 5.56 Å². The Hall–Kier alpha value is -1.80. The molecule has 2 N–H and O–H groups in total. The highest BCUT2D eigenvalue weighted by Gasteiger charge is 2.30. The van der Waals surface area contributed by atoms with Crippen molar-refractivity contribution in [2.45, 2.75) is 63.1 Å². The summed E-state index contributed by atoms with van der Waals surface area (Å²) in [7, 11) is 0. The zero-order valence-electron chi connectivity index (χ0n) is 16.0. The summed E-state index contributed by atoms with van der Waals surface area (Å²) in [5, 5.41) is 9.26. The standard InChI is InChI=1S/C19H28ClN5O3/c20-17-16(11-21-23-18(17)26)25-10-7-15(12-25)28-19(27)22-13-5-8-24(9-6-13)14-3-1-2-4-14/h11,13-15H,1-10,12H2,(H,22,27)(H,23,26)/t15-/m1/s1. The summed E-state index contributed by atoms with van der Waals surface area (Å²) in [6.45, 7) is 3.29. The summed E-state index contributed by atoms with van der Waals surface area (Å²) in [6, 6.07) is 0.942. The van der Waals surface area contributed by atoms with Gasteiger partial charge in [-0.05, 0) is 25.7 Å². The highest BCUT2D eigenvalue weighted by Crippen LogP contribution is 2.27. The Labute approximate surface area is 169 Å². The lowest BCUT2D eigenvalue weighted by atomic mass is 10.0. The normalized spacial score (nSPS) is 24.6. The molecule has 1 aliphatic carbocycles. The van der Waals surface area contributed by atoms with Crippen molar-refractivity contribution in [2.75, 3.05) is 31.1 Å². The number of halogens is 1. The average molecular weight is 410 g/mol.